The molecule has 0 saturated heterocycles. The molecular formula is C7H13ClO2. The predicted molar refractivity (Wildman–Crippen MR) is 41.4 cm³/mol. The number of aliphatic carboxylic acids is 1. The molecule has 0 rings (SSSR count). The molecule has 0 heterocycles. The van der Waals surface area contributed by atoms with Crippen molar-refractivity contribution in [2.24, 2.45) is 0 Å². The monoisotopic (exact) mass is 164 g/mol. The Kier molecular flexibility index (Phi) is 3.72. The second kappa shape index (κ2) is 3.81. The molecule has 0 saturated carbocycles. The van der Waals surface area contributed by atoms with Gasteiger partial charge in [0.1, 0.15) is 4.87 Å². The highest BCUT2D eigenvalue weighted by atomic mass is 35.5. The fourth-order valence-corrected chi connectivity index (χ4v) is 0.749. The Morgan fingerprint density at radius 3 is 2.50 bits per heavy atom. The van der Waals surface area contributed by atoms with Crippen LogP contribution in [0.3, 0.4) is 0 Å². The number of carboxylic acids is 1. The lowest BCUT2D eigenvalue weighted by Gasteiger charge is -2.14. The molecule has 1 atom stereocenters. The molecule has 0 radical (unpaired) electrons. The first-order valence-electron chi connectivity index (χ1n) is 3.43. The molecule has 0 amide bonds. The summed E-state index contributed by atoms with van der Waals surface area (Å²) in [5.41, 5.74) is 0. The van der Waals surface area contributed by atoms with Gasteiger partial charge >= 0.3 is 5.97 Å². The van der Waals surface area contributed by atoms with Crippen molar-refractivity contribution >= 4 is 17.6 Å². The van der Waals surface area contributed by atoms with E-state index >= 15 is 0 Å². The molecule has 10 heavy (non-hydrogen) atoms. The second-order valence-corrected chi connectivity index (χ2v) is 3.44. The quantitative estimate of drug-likeness (QED) is 0.648. The van der Waals surface area contributed by atoms with Crippen LogP contribution >= 0.6 is 11.6 Å². The Morgan fingerprint density at radius 1 is 1.70 bits per heavy atom. The van der Waals surface area contributed by atoms with Gasteiger partial charge in [-0.15, -0.1) is 11.6 Å². The number of rotatable bonds is 4. The lowest BCUT2D eigenvalue weighted by atomic mass is 10.0. The van der Waals surface area contributed by atoms with E-state index in [0.29, 0.717) is 6.42 Å². The third kappa shape index (κ3) is 3.06. The first kappa shape index (κ1) is 9.76. The number of carboxylic acid groups (broad SMARTS) is 1. The topological polar surface area (TPSA) is 37.3 Å². The highest BCUT2D eigenvalue weighted by Gasteiger charge is 2.28. The zero-order valence-corrected chi connectivity index (χ0v) is 7.11. The van der Waals surface area contributed by atoms with Crippen molar-refractivity contribution < 1.29 is 9.90 Å². The van der Waals surface area contributed by atoms with E-state index in [1.165, 1.54) is 6.92 Å². The summed E-state index contributed by atoms with van der Waals surface area (Å²) >= 11 is 5.65. The van der Waals surface area contributed by atoms with Gasteiger partial charge in [-0.05, 0) is 13.3 Å². The number of hydrogen-bond acceptors (Lipinski definition) is 1. The van der Waals surface area contributed by atoms with E-state index < -0.39 is 10.8 Å². The summed E-state index contributed by atoms with van der Waals surface area (Å²) in [4.78, 5) is 9.34. The molecule has 3 heteroatoms. The maximum atomic E-state index is 10.4. The zero-order valence-electron chi connectivity index (χ0n) is 6.35. The van der Waals surface area contributed by atoms with Crippen LogP contribution in [-0.4, -0.2) is 16.0 Å². The van der Waals surface area contributed by atoms with Gasteiger partial charge in [-0.3, -0.25) is 4.79 Å². The van der Waals surface area contributed by atoms with Gasteiger partial charge in [-0.25, -0.2) is 0 Å². The van der Waals surface area contributed by atoms with E-state index in [0.717, 1.165) is 12.8 Å². The maximum absolute atomic E-state index is 10.4. The smallest absolute Gasteiger partial charge is 0.324 e. The lowest BCUT2D eigenvalue weighted by Crippen LogP contribution is -2.27. The molecule has 0 spiro atoms. The minimum atomic E-state index is -1.06. The summed E-state index contributed by atoms with van der Waals surface area (Å²) in [5, 5.41) is 8.54. The normalized spacial score (nSPS) is 16.3. The van der Waals surface area contributed by atoms with Crippen molar-refractivity contribution in [3.05, 3.63) is 0 Å². The molecule has 1 unspecified atom stereocenters. The maximum Gasteiger partial charge on any atom is 0.324 e. The molecule has 0 aromatic heterocycles. The minimum absolute atomic E-state index is 0.542. The Bertz CT molecular complexity index is 121. The summed E-state index contributed by atoms with van der Waals surface area (Å²) in [7, 11) is 0. The molecule has 0 aromatic carbocycles. The van der Waals surface area contributed by atoms with Gasteiger partial charge in [0.2, 0.25) is 0 Å². The Morgan fingerprint density at radius 2 is 2.20 bits per heavy atom. The predicted octanol–water partition coefficient (Wildman–Crippen LogP) is 2.26. The van der Waals surface area contributed by atoms with E-state index in [9.17, 15) is 4.79 Å². The fourth-order valence-electron chi connectivity index (χ4n) is 0.616. The molecule has 0 fully saturated rings. The summed E-state index contributed by atoms with van der Waals surface area (Å²) in [6.07, 6.45) is 2.39. The van der Waals surface area contributed by atoms with Crippen LogP contribution in [0.1, 0.15) is 33.1 Å². The van der Waals surface area contributed by atoms with Crippen LogP contribution < -0.4 is 0 Å². The third-order valence-corrected chi connectivity index (χ3v) is 1.80. The summed E-state index contributed by atoms with van der Waals surface area (Å²) < 4.78 is 0. The van der Waals surface area contributed by atoms with Crippen LogP contribution in [0.15, 0.2) is 0 Å². The Hall–Kier alpha value is -0.240. The van der Waals surface area contributed by atoms with E-state index in [4.69, 9.17) is 16.7 Å². The summed E-state index contributed by atoms with van der Waals surface area (Å²) in [6.45, 7) is 3.54. The van der Waals surface area contributed by atoms with Crippen LogP contribution in [0.4, 0.5) is 0 Å². The lowest BCUT2D eigenvalue weighted by molar-refractivity contribution is -0.139. The first-order valence-corrected chi connectivity index (χ1v) is 3.81. The van der Waals surface area contributed by atoms with Crippen molar-refractivity contribution in [2.75, 3.05) is 0 Å². The van der Waals surface area contributed by atoms with Crippen LogP contribution in [-0.2, 0) is 4.79 Å². The van der Waals surface area contributed by atoms with Crippen molar-refractivity contribution in [3.63, 3.8) is 0 Å². The molecular weight excluding hydrogens is 152 g/mol. The van der Waals surface area contributed by atoms with Gasteiger partial charge in [0.05, 0.1) is 0 Å². The second-order valence-electron chi connectivity index (χ2n) is 2.61. The van der Waals surface area contributed by atoms with E-state index in [-0.39, 0.29) is 0 Å². The van der Waals surface area contributed by atoms with Gasteiger partial charge in [-0.2, -0.15) is 0 Å². The highest BCUT2D eigenvalue weighted by molar-refractivity contribution is 6.33. The van der Waals surface area contributed by atoms with Crippen LogP contribution in [0, 0.1) is 0 Å². The fraction of sp³-hybridized carbons (Fsp3) is 0.857. The van der Waals surface area contributed by atoms with Crippen molar-refractivity contribution in [3.8, 4) is 0 Å². The van der Waals surface area contributed by atoms with Gasteiger partial charge in [0.25, 0.3) is 0 Å². The standard InChI is InChI=1S/C7H13ClO2/c1-3-4-5-7(2,8)6(9)10/h3-5H2,1-2H3,(H,9,10). The van der Waals surface area contributed by atoms with E-state index in [1.807, 2.05) is 6.92 Å². The Balaban J connectivity index is 3.75. The molecule has 0 aliphatic carbocycles. The average molecular weight is 165 g/mol. The summed E-state index contributed by atoms with van der Waals surface area (Å²) in [6, 6.07) is 0. The molecule has 1 N–H and O–H groups in total. The molecule has 60 valence electrons. The molecule has 2 nitrogen and oxygen atoms in total. The van der Waals surface area contributed by atoms with Crippen molar-refractivity contribution in [1.29, 1.82) is 0 Å². The SMILES string of the molecule is CCCCC(C)(Cl)C(=O)O. The van der Waals surface area contributed by atoms with E-state index in [1.54, 1.807) is 0 Å². The number of halogens is 1. The molecule has 0 aromatic rings. The van der Waals surface area contributed by atoms with Crippen molar-refractivity contribution in [2.45, 2.75) is 38.0 Å². The number of hydrogen-bond donors (Lipinski definition) is 1. The zero-order chi connectivity index (χ0) is 8.20. The van der Waals surface area contributed by atoms with Crippen LogP contribution in [0.2, 0.25) is 0 Å². The average Bonchev–Trinajstić information content (AvgIpc) is 1.84. The molecule has 0 bridgehead atoms. The van der Waals surface area contributed by atoms with Crippen LogP contribution in [0.5, 0.6) is 0 Å². The largest absolute Gasteiger partial charge is 0.480 e. The minimum Gasteiger partial charge on any atom is -0.480 e. The molecule has 0 aliphatic rings. The Labute approximate surface area is 66.2 Å². The van der Waals surface area contributed by atoms with Gasteiger partial charge in [-0.1, -0.05) is 19.8 Å². The molecule has 0 aliphatic heterocycles. The highest BCUT2D eigenvalue weighted by Crippen LogP contribution is 2.21. The number of alkyl halides is 1. The van der Waals surface area contributed by atoms with Gasteiger partial charge in [0, 0.05) is 0 Å². The van der Waals surface area contributed by atoms with Crippen LogP contribution in [0.25, 0.3) is 0 Å². The third-order valence-electron chi connectivity index (χ3n) is 1.45. The van der Waals surface area contributed by atoms with Gasteiger partial charge in [0.15, 0.2) is 0 Å². The number of carbonyl (C=O) groups is 1. The first-order chi connectivity index (χ1) is 4.50. The van der Waals surface area contributed by atoms with Crippen molar-refractivity contribution in [1.82, 2.24) is 0 Å². The van der Waals surface area contributed by atoms with Gasteiger partial charge < -0.3 is 5.11 Å². The van der Waals surface area contributed by atoms with E-state index in [2.05, 4.69) is 0 Å². The number of unbranched alkanes of at least 4 members (excludes halogenated alkanes) is 1. The summed E-state index contributed by atoms with van der Waals surface area (Å²) in [5.74, 6) is -0.928.